The highest BCUT2D eigenvalue weighted by Crippen LogP contribution is 2.36. The van der Waals surface area contributed by atoms with E-state index in [1.54, 1.807) is 48.5 Å². The van der Waals surface area contributed by atoms with Crippen molar-refractivity contribution in [1.82, 2.24) is 0 Å². The number of rotatable bonds is 4. The minimum Gasteiger partial charge on any atom is -0.391 e. The maximum absolute atomic E-state index is 12.8. The molecule has 146 valence electrons. The molecule has 3 N–H and O–H groups in total. The number of aliphatic hydroxyl groups excluding tert-OH is 1. The van der Waals surface area contributed by atoms with Crippen molar-refractivity contribution in [3.05, 3.63) is 77.5 Å². The van der Waals surface area contributed by atoms with E-state index >= 15 is 0 Å². The highest BCUT2D eigenvalue weighted by molar-refractivity contribution is 7.90. The first kappa shape index (κ1) is 19.0. The fourth-order valence-corrected chi connectivity index (χ4v) is 4.67. The van der Waals surface area contributed by atoms with E-state index in [9.17, 15) is 18.6 Å². The lowest BCUT2D eigenvalue weighted by molar-refractivity contribution is -0.882. The Balaban J connectivity index is 1.90. The van der Waals surface area contributed by atoms with Gasteiger partial charge in [0.1, 0.15) is 19.7 Å². The highest BCUT2D eigenvalue weighted by Gasteiger charge is 2.49. The van der Waals surface area contributed by atoms with Gasteiger partial charge >= 0.3 is 0 Å². The Labute approximate surface area is 163 Å². The van der Waals surface area contributed by atoms with Gasteiger partial charge in [0.25, 0.3) is 15.8 Å². The lowest BCUT2D eigenvalue weighted by atomic mass is 9.86. The van der Waals surface area contributed by atoms with Crippen LogP contribution in [0.5, 0.6) is 0 Å². The smallest absolute Gasteiger partial charge is 0.282 e. The van der Waals surface area contributed by atoms with Gasteiger partial charge in [0, 0.05) is 17.2 Å². The summed E-state index contributed by atoms with van der Waals surface area (Å²) in [4.78, 5) is 0.925. The van der Waals surface area contributed by atoms with Gasteiger partial charge in [0.05, 0.1) is 17.2 Å². The van der Waals surface area contributed by atoms with Crippen LogP contribution in [0.3, 0.4) is 0 Å². The molecule has 8 heteroatoms. The Bertz CT molecular complexity index is 1050. The minimum atomic E-state index is -3.93. The highest BCUT2D eigenvalue weighted by atomic mass is 32.2. The zero-order valence-electron chi connectivity index (χ0n) is 15.1. The molecule has 0 saturated carbocycles. The molecule has 0 amide bonds. The topological polar surface area (TPSA) is 101 Å². The Hall–Kier alpha value is -2.36. The zero-order chi connectivity index (χ0) is 19.8. The third kappa shape index (κ3) is 3.19. The Kier molecular flexibility index (Phi) is 4.90. The van der Waals surface area contributed by atoms with E-state index in [0.717, 1.165) is 4.90 Å². The molecule has 2 atom stereocenters. The van der Waals surface area contributed by atoms with Crippen molar-refractivity contribution in [3.63, 3.8) is 0 Å². The SMILES string of the molecule is O=S(=O)(N=C1C=C2[NH+](CCO)CCO[C@@]2(O)c2ccccc21)c1ccccc1. The van der Waals surface area contributed by atoms with Crippen LogP contribution >= 0.6 is 0 Å². The summed E-state index contributed by atoms with van der Waals surface area (Å²) in [7, 11) is -3.93. The van der Waals surface area contributed by atoms with Gasteiger partial charge < -0.3 is 14.9 Å². The quantitative estimate of drug-likeness (QED) is 0.660. The number of ether oxygens (including phenoxy) is 1. The summed E-state index contributed by atoms with van der Waals surface area (Å²) >= 11 is 0. The number of allylic oxidation sites excluding steroid dienone is 1. The second-order valence-corrected chi connectivity index (χ2v) is 8.29. The number of hydrogen-bond acceptors (Lipinski definition) is 5. The Morgan fingerprint density at radius 1 is 1.11 bits per heavy atom. The van der Waals surface area contributed by atoms with E-state index in [2.05, 4.69) is 4.40 Å². The molecule has 2 aromatic carbocycles. The largest absolute Gasteiger partial charge is 0.391 e. The molecule has 2 aromatic rings. The fraction of sp³-hybridized carbons (Fsp3) is 0.250. The summed E-state index contributed by atoms with van der Waals surface area (Å²) in [6.45, 7) is 1.17. The summed E-state index contributed by atoms with van der Waals surface area (Å²) in [5.41, 5.74) is 1.64. The maximum atomic E-state index is 12.8. The molecule has 1 heterocycles. The van der Waals surface area contributed by atoms with Gasteiger partial charge in [-0.25, -0.2) is 0 Å². The van der Waals surface area contributed by atoms with Crippen molar-refractivity contribution in [3.8, 4) is 0 Å². The van der Waals surface area contributed by atoms with Gasteiger partial charge in [-0.15, -0.1) is 0 Å². The lowest BCUT2D eigenvalue weighted by Crippen LogP contribution is -3.14. The first-order valence-electron chi connectivity index (χ1n) is 9.00. The average molecular weight is 401 g/mol. The summed E-state index contributed by atoms with van der Waals surface area (Å²) in [5, 5.41) is 20.7. The molecule has 1 aliphatic heterocycles. The molecule has 0 bridgehead atoms. The van der Waals surface area contributed by atoms with Crippen LogP contribution in [0.15, 0.2) is 75.7 Å². The van der Waals surface area contributed by atoms with Crippen LogP contribution in [0.2, 0.25) is 0 Å². The molecule has 1 aliphatic carbocycles. The van der Waals surface area contributed by atoms with Crippen molar-refractivity contribution < 1.29 is 28.3 Å². The van der Waals surface area contributed by atoms with E-state index < -0.39 is 15.8 Å². The van der Waals surface area contributed by atoms with Crippen LogP contribution < -0.4 is 4.90 Å². The summed E-state index contributed by atoms with van der Waals surface area (Å²) < 4.78 is 35.4. The van der Waals surface area contributed by atoms with Gasteiger partial charge in [0.15, 0.2) is 5.70 Å². The van der Waals surface area contributed by atoms with E-state index in [4.69, 9.17) is 4.74 Å². The van der Waals surface area contributed by atoms with Crippen molar-refractivity contribution in [1.29, 1.82) is 0 Å². The van der Waals surface area contributed by atoms with Crippen molar-refractivity contribution in [2.45, 2.75) is 10.7 Å². The number of quaternary nitrogens is 1. The number of fused-ring (bicyclic) bond motifs is 3. The first-order chi connectivity index (χ1) is 13.5. The van der Waals surface area contributed by atoms with Crippen molar-refractivity contribution in [2.24, 2.45) is 4.40 Å². The number of nitrogens with one attached hydrogen (secondary N) is 1. The normalized spacial score (nSPS) is 25.7. The van der Waals surface area contributed by atoms with E-state index in [0.29, 0.717) is 36.5 Å². The predicted molar refractivity (Wildman–Crippen MR) is 102 cm³/mol. The van der Waals surface area contributed by atoms with Crippen LogP contribution in [-0.4, -0.2) is 50.6 Å². The summed E-state index contributed by atoms with van der Waals surface area (Å²) in [5.74, 6) is -1.67. The van der Waals surface area contributed by atoms with E-state index in [-0.39, 0.29) is 17.2 Å². The second kappa shape index (κ2) is 7.23. The first-order valence-corrected chi connectivity index (χ1v) is 10.4. The monoisotopic (exact) mass is 401 g/mol. The molecule has 1 fully saturated rings. The van der Waals surface area contributed by atoms with Crippen molar-refractivity contribution in [2.75, 3.05) is 26.3 Å². The molecule has 0 radical (unpaired) electrons. The van der Waals surface area contributed by atoms with Crippen LogP contribution in [-0.2, 0) is 20.5 Å². The average Bonchev–Trinajstić information content (AvgIpc) is 2.70. The van der Waals surface area contributed by atoms with Crippen LogP contribution in [0.1, 0.15) is 11.1 Å². The molecule has 4 rings (SSSR count). The summed E-state index contributed by atoms with van der Waals surface area (Å²) in [6, 6.07) is 14.9. The number of morpholine rings is 1. The van der Waals surface area contributed by atoms with Gasteiger partial charge in [-0.1, -0.05) is 42.5 Å². The molecule has 0 spiro atoms. The molecule has 28 heavy (non-hydrogen) atoms. The minimum absolute atomic E-state index is 0.0702. The maximum Gasteiger partial charge on any atom is 0.282 e. The number of benzene rings is 2. The van der Waals surface area contributed by atoms with Gasteiger partial charge in [-0.3, -0.25) is 4.90 Å². The number of aliphatic hydroxyl groups is 2. The standard InChI is InChI=1S/C20H20N2O5S/c23-12-10-22-11-13-27-20(24)17-9-5-4-8-16(17)18(14-19(20)22)21-28(25,26)15-6-2-1-3-7-15/h1-9,14,23-24H,10-13H2/p+1/t20-/m0/s1. The zero-order valence-corrected chi connectivity index (χ0v) is 15.9. The molecule has 1 saturated heterocycles. The van der Waals surface area contributed by atoms with Gasteiger partial charge in [-0.05, 0) is 12.1 Å². The van der Waals surface area contributed by atoms with Gasteiger partial charge in [-0.2, -0.15) is 12.8 Å². The Morgan fingerprint density at radius 2 is 1.82 bits per heavy atom. The van der Waals surface area contributed by atoms with E-state index in [1.165, 1.54) is 12.1 Å². The van der Waals surface area contributed by atoms with Crippen LogP contribution in [0, 0.1) is 0 Å². The molecular formula is C20H21N2O5S+. The number of sulfonamides is 1. The number of nitrogens with zero attached hydrogens (tertiary/aromatic N) is 1. The van der Waals surface area contributed by atoms with Crippen LogP contribution in [0.25, 0.3) is 0 Å². The van der Waals surface area contributed by atoms with Gasteiger partial charge in [0.2, 0.25) is 0 Å². The van der Waals surface area contributed by atoms with Crippen molar-refractivity contribution >= 4 is 15.7 Å². The third-order valence-electron chi connectivity index (χ3n) is 4.98. The van der Waals surface area contributed by atoms with Crippen LogP contribution in [0.4, 0.5) is 0 Å². The molecule has 1 unspecified atom stereocenters. The number of hydrogen-bond donors (Lipinski definition) is 3. The lowest BCUT2D eigenvalue weighted by Gasteiger charge is -2.41. The molecule has 0 aromatic heterocycles. The molecule has 2 aliphatic rings. The molecule has 7 nitrogen and oxygen atoms in total. The molecular weight excluding hydrogens is 380 g/mol. The summed E-state index contributed by atoms with van der Waals surface area (Å²) in [6.07, 6.45) is 1.56. The predicted octanol–water partition coefficient (Wildman–Crippen LogP) is -0.185. The third-order valence-corrected chi connectivity index (χ3v) is 6.29. The second-order valence-electron chi connectivity index (χ2n) is 6.69. The van der Waals surface area contributed by atoms with E-state index in [1.807, 2.05) is 0 Å². The Morgan fingerprint density at radius 3 is 2.57 bits per heavy atom. The fourth-order valence-electron chi connectivity index (χ4n) is 3.66.